The van der Waals surface area contributed by atoms with Crippen LogP contribution in [0.1, 0.15) is 19.8 Å². The lowest BCUT2D eigenvalue weighted by atomic mass is 10.2. The van der Waals surface area contributed by atoms with Gasteiger partial charge in [-0.05, 0) is 12.8 Å². The van der Waals surface area contributed by atoms with Gasteiger partial charge in [0.1, 0.15) is 0 Å². The van der Waals surface area contributed by atoms with E-state index in [-0.39, 0.29) is 30.2 Å². The number of nitrogens with one attached hydrogen (secondary N) is 1. The Hall–Kier alpha value is -0.130. The third-order valence-corrected chi connectivity index (χ3v) is 4.18. The Morgan fingerprint density at radius 1 is 1.62 bits per heavy atom. The first-order valence-corrected chi connectivity index (χ1v) is 6.47. The maximum Gasteiger partial charge on any atom is 0.151 e. The molecule has 0 saturated carbocycles. The van der Waals surface area contributed by atoms with Crippen LogP contribution >= 0.6 is 0 Å². The number of hydrogen-bond donors (Lipinski definition) is 2. The molecular formula is C8H17NO3S. The first-order valence-electron chi connectivity index (χ1n) is 4.64. The van der Waals surface area contributed by atoms with Gasteiger partial charge in [-0.1, -0.05) is 6.92 Å². The van der Waals surface area contributed by atoms with Crippen LogP contribution in [0.5, 0.6) is 0 Å². The lowest BCUT2D eigenvalue weighted by Crippen LogP contribution is -2.40. The summed E-state index contributed by atoms with van der Waals surface area (Å²) in [5.74, 6) is 0.510. The zero-order valence-electron chi connectivity index (χ0n) is 7.86. The van der Waals surface area contributed by atoms with Gasteiger partial charge in [0, 0.05) is 12.1 Å². The molecule has 2 N–H and O–H groups in total. The van der Waals surface area contributed by atoms with Crippen molar-refractivity contribution in [2.24, 2.45) is 0 Å². The van der Waals surface area contributed by atoms with E-state index < -0.39 is 9.84 Å². The molecule has 78 valence electrons. The lowest BCUT2D eigenvalue weighted by molar-refractivity contribution is 0.230. The second-order valence-electron chi connectivity index (χ2n) is 3.55. The molecule has 1 aliphatic rings. The average Bonchev–Trinajstić information content (AvgIpc) is 2.41. The fraction of sp³-hybridized carbons (Fsp3) is 1.00. The van der Waals surface area contributed by atoms with Gasteiger partial charge in [0.25, 0.3) is 0 Å². The highest BCUT2D eigenvalue weighted by Crippen LogP contribution is 2.12. The normalized spacial score (nSPS) is 28.9. The Morgan fingerprint density at radius 3 is 2.69 bits per heavy atom. The van der Waals surface area contributed by atoms with Crippen LogP contribution in [0.25, 0.3) is 0 Å². The van der Waals surface area contributed by atoms with E-state index in [1.807, 2.05) is 6.92 Å². The predicted molar refractivity (Wildman–Crippen MR) is 51.4 cm³/mol. The summed E-state index contributed by atoms with van der Waals surface area (Å²) in [6, 6.07) is 0.0837. The van der Waals surface area contributed by atoms with E-state index in [1.165, 1.54) is 0 Å². The van der Waals surface area contributed by atoms with Crippen LogP contribution in [-0.2, 0) is 9.84 Å². The highest BCUT2D eigenvalue weighted by atomic mass is 32.2. The molecule has 0 radical (unpaired) electrons. The monoisotopic (exact) mass is 207 g/mol. The molecule has 0 aromatic heterocycles. The first-order chi connectivity index (χ1) is 6.07. The summed E-state index contributed by atoms with van der Waals surface area (Å²) in [6.45, 7) is 2.05. The molecule has 4 nitrogen and oxygen atoms in total. The standard InChI is InChI=1S/C8H17NO3S/c1-2-7(5-10)9-8-3-4-13(11,12)6-8/h7-10H,2-6H2,1H3/t7-,8?/m0/s1. The Kier molecular flexibility index (Phi) is 3.70. The van der Waals surface area contributed by atoms with Crippen LogP contribution in [-0.4, -0.2) is 43.7 Å². The summed E-state index contributed by atoms with van der Waals surface area (Å²) in [7, 11) is -2.80. The third kappa shape index (κ3) is 3.25. The van der Waals surface area contributed by atoms with Gasteiger partial charge in [-0.3, -0.25) is 0 Å². The van der Waals surface area contributed by atoms with Gasteiger partial charge in [-0.15, -0.1) is 0 Å². The summed E-state index contributed by atoms with van der Waals surface area (Å²) >= 11 is 0. The van der Waals surface area contributed by atoms with Crippen LogP contribution in [0.2, 0.25) is 0 Å². The maximum absolute atomic E-state index is 11.1. The van der Waals surface area contributed by atoms with Gasteiger partial charge in [0.2, 0.25) is 0 Å². The van der Waals surface area contributed by atoms with Crippen molar-refractivity contribution in [3.8, 4) is 0 Å². The summed E-state index contributed by atoms with van der Waals surface area (Å²) in [5.41, 5.74) is 0. The SMILES string of the molecule is CC[C@@H](CO)NC1CCS(=O)(=O)C1. The highest BCUT2D eigenvalue weighted by molar-refractivity contribution is 7.91. The van der Waals surface area contributed by atoms with Crippen LogP contribution in [0.4, 0.5) is 0 Å². The van der Waals surface area contributed by atoms with E-state index in [0.29, 0.717) is 6.42 Å². The largest absolute Gasteiger partial charge is 0.395 e. The van der Waals surface area contributed by atoms with Crippen LogP contribution in [0.15, 0.2) is 0 Å². The molecule has 0 amide bonds. The molecule has 0 aromatic rings. The predicted octanol–water partition coefficient (Wildman–Crippen LogP) is -0.466. The number of rotatable bonds is 4. The molecule has 5 heteroatoms. The summed E-state index contributed by atoms with van der Waals surface area (Å²) < 4.78 is 22.2. The Labute approximate surface area is 79.3 Å². The van der Waals surface area contributed by atoms with Crippen molar-refractivity contribution in [2.75, 3.05) is 18.1 Å². The minimum Gasteiger partial charge on any atom is -0.395 e. The van der Waals surface area contributed by atoms with Gasteiger partial charge in [0.05, 0.1) is 18.1 Å². The second-order valence-corrected chi connectivity index (χ2v) is 5.78. The zero-order valence-corrected chi connectivity index (χ0v) is 8.68. The minimum atomic E-state index is -2.80. The van der Waals surface area contributed by atoms with Crippen molar-refractivity contribution in [1.82, 2.24) is 5.32 Å². The van der Waals surface area contributed by atoms with Crippen molar-refractivity contribution < 1.29 is 13.5 Å². The van der Waals surface area contributed by atoms with Crippen molar-refractivity contribution in [1.29, 1.82) is 0 Å². The lowest BCUT2D eigenvalue weighted by Gasteiger charge is -2.18. The molecular weight excluding hydrogens is 190 g/mol. The molecule has 0 spiro atoms. The summed E-state index contributed by atoms with van der Waals surface area (Å²) in [4.78, 5) is 0. The molecule has 1 unspecified atom stereocenters. The van der Waals surface area contributed by atoms with Gasteiger partial charge < -0.3 is 10.4 Å². The topological polar surface area (TPSA) is 66.4 Å². The highest BCUT2D eigenvalue weighted by Gasteiger charge is 2.28. The molecule has 1 aliphatic heterocycles. The summed E-state index contributed by atoms with van der Waals surface area (Å²) in [6.07, 6.45) is 1.51. The molecule has 0 aromatic carbocycles. The fourth-order valence-electron chi connectivity index (χ4n) is 1.56. The fourth-order valence-corrected chi connectivity index (χ4v) is 3.25. The van der Waals surface area contributed by atoms with E-state index in [9.17, 15) is 8.42 Å². The van der Waals surface area contributed by atoms with E-state index in [0.717, 1.165) is 6.42 Å². The Balaban J connectivity index is 2.39. The number of hydrogen-bond acceptors (Lipinski definition) is 4. The maximum atomic E-state index is 11.1. The summed E-state index contributed by atoms with van der Waals surface area (Å²) in [5, 5.41) is 12.0. The minimum absolute atomic E-state index is 0.0401. The molecule has 1 saturated heterocycles. The zero-order chi connectivity index (χ0) is 9.90. The smallest absolute Gasteiger partial charge is 0.151 e. The molecule has 0 bridgehead atoms. The first kappa shape index (κ1) is 10.9. The number of aliphatic hydroxyl groups is 1. The average molecular weight is 207 g/mol. The molecule has 13 heavy (non-hydrogen) atoms. The van der Waals surface area contributed by atoms with E-state index in [2.05, 4.69) is 5.32 Å². The van der Waals surface area contributed by atoms with E-state index in [1.54, 1.807) is 0 Å². The molecule has 2 atom stereocenters. The van der Waals surface area contributed by atoms with Crippen LogP contribution < -0.4 is 5.32 Å². The number of sulfone groups is 1. The molecule has 1 heterocycles. The van der Waals surface area contributed by atoms with Gasteiger partial charge in [-0.25, -0.2) is 8.42 Å². The number of aliphatic hydroxyl groups excluding tert-OH is 1. The Bertz CT molecular complexity index is 246. The Morgan fingerprint density at radius 2 is 2.31 bits per heavy atom. The van der Waals surface area contributed by atoms with Crippen LogP contribution in [0, 0.1) is 0 Å². The van der Waals surface area contributed by atoms with Gasteiger partial charge in [0.15, 0.2) is 9.84 Å². The van der Waals surface area contributed by atoms with E-state index >= 15 is 0 Å². The van der Waals surface area contributed by atoms with E-state index in [4.69, 9.17) is 5.11 Å². The van der Waals surface area contributed by atoms with Crippen molar-refractivity contribution in [2.45, 2.75) is 31.8 Å². The van der Waals surface area contributed by atoms with Gasteiger partial charge >= 0.3 is 0 Å². The molecule has 1 rings (SSSR count). The van der Waals surface area contributed by atoms with Crippen molar-refractivity contribution >= 4 is 9.84 Å². The molecule has 1 fully saturated rings. The quantitative estimate of drug-likeness (QED) is 0.654. The second kappa shape index (κ2) is 4.39. The van der Waals surface area contributed by atoms with Crippen molar-refractivity contribution in [3.05, 3.63) is 0 Å². The van der Waals surface area contributed by atoms with Crippen LogP contribution in [0.3, 0.4) is 0 Å². The third-order valence-electron chi connectivity index (χ3n) is 2.42. The van der Waals surface area contributed by atoms with Gasteiger partial charge in [-0.2, -0.15) is 0 Å². The molecule has 0 aliphatic carbocycles. The van der Waals surface area contributed by atoms with Crippen molar-refractivity contribution in [3.63, 3.8) is 0 Å².